The molecule has 7 nitrogen and oxygen atoms in total. The van der Waals surface area contributed by atoms with E-state index in [0.717, 1.165) is 37.1 Å². The van der Waals surface area contributed by atoms with E-state index in [1.54, 1.807) is 13.0 Å². The summed E-state index contributed by atoms with van der Waals surface area (Å²) >= 11 is 6.62. The van der Waals surface area contributed by atoms with Crippen LogP contribution >= 0.6 is 11.6 Å². The third kappa shape index (κ3) is 6.99. The highest BCUT2D eigenvalue weighted by atomic mass is 35.5. The van der Waals surface area contributed by atoms with Crippen LogP contribution in [0.1, 0.15) is 47.2 Å². The van der Waals surface area contributed by atoms with E-state index in [1.807, 2.05) is 35.2 Å². The molecule has 3 aromatic carbocycles. The van der Waals surface area contributed by atoms with E-state index in [1.165, 1.54) is 19.2 Å². The number of piperidine rings is 1. The summed E-state index contributed by atoms with van der Waals surface area (Å²) in [4.78, 5) is 25.9. The zero-order valence-corrected chi connectivity index (χ0v) is 23.5. The van der Waals surface area contributed by atoms with Crippen molar-refractivity contribution in [2.45, 2.75) is 31.7 Å². The van der Waals surface area contributed by atoms with Gasteiger partial charge in [0.2, 0.25) is 11.8 Å². The smallest absolute Gasteiger partial charge is 0.249 e. The lowest BCUT2D eigenvalue weighted by Crippen LogP contribution is -2.45. The summed E-state index contributed by atoms with van der Waals surface area (Å²) < 4.78 is 26.4. The maximum atomic E-state index is 15.8. The number of halogens is 2. The molecule has 2 amide bonds. The second-order valence-corrected chi connectivity index (χ2v) is 10.3. The van der Waals surface area contributed by atoms with Gasteiger partial charge in [-0.1, -0.05) is 48.0 Å². The number of nitrogens with two attached hydrogens (primary N) is 1. The molecular weight excluding hydrogens is 533 g/mol. The maximum absolute atomic E-state index is 15.8. The Morgan fingerprint density at radius 1 is 1.07 bits per heavy atom. The number of ether oxygens (including phenoxy) is 2. The standard InChI is InChI=1S/C31H35ClFN3O4/c1-20(37)36-14-12-23(13-15-36)35-19-26(21-6-4-3-5-7-21)22-8-10-27(32)25(18-22)29-24(31(34)38)9-11-28(30(29)33)40-17-16-39-2/h3-11,18,23,26,35H,12-17,19H2,1-2H3,(H2,34,38). The minimum atomic E-state index is -0.767. The molecule has 0 bridgehead atoms. The third-order valence-corrected chi connectivity index (χ3v) is 7.66. The molecule has 0 saturated carbocycles. The Morgan fingerprint density at radius 2 is 1.80 bits per heavy atom. The minimum absolute atomic E-state index is 0.00522. The topological polar surface area (TPSA) is 93.9 Å². The monoisotopic (exact) mass is 567 g/mol. The van der Waals surface area contributed by atoms with Crippen molar-refractivity contribution in [3.63, 3.8) is 0 Å². The molecule has 1 atom stereocenters. The van der Waals surface area contributed by atoms with Crippen molar-refractivity contribution in [2.24, 2.45) is 5.73 Å². The van der Waals surface area contributed by atoms with Gasteiger partial charge in [0.15, 0.2) is 11.6 Å². The molecule has 1 aliphatic rings. The second-order valence-electron chi connectivity index (χ2n) is 9.90. The van der Waals surface area contributed by atoms with Crippen molar-refractivity contribution in [1.82, 2.24) is 10.2 Å². The molecule has 1 heterocycles. The zero-order valence-electron chi connectivity index (χ0n) is 22.8. The van der Waals surface area contributed by atoms with Gasteiger partial charge in [0.25, 0.3) is 0 Å². The normalized spacial score (nSPS) is 14.7. The predicted octanol–water partition coefficient (Wildman–Crippen LogP) is 5.00. The van der Waals surface area contributed by atoms with Crippen LogP contribution in [0.25, 0.3) is 11.1 Å². The van der Waals surface area contributed by atoms with Crippen LogP contribution in [0, 0.1) is 5.82 Å². The van der Waals surface area contributed by atoms with Gasteiger partial charge in [0.05, 0.1) is 12.2 Å². The SMILES string of the molecule is COCCOc1ccc(C(N)=O)c(-c2cc(C(CNC3CCN(C(C)=O)CC3)c3ccccc3)ccc2Cl)c1F. The first-order valence-electron chi connectivity index (χ1n) is 13.4. The summed E-state index contributed by atoms with van der Waals surface area (Å²) in [5.74, 6) is -1.47. The molecule has 9 heteroatoms. The Hall–Kier alpha value is -3.46. The van der Waals surface area contributed by atoms with Crippen molar-refractivity contribution in [1.29, 1.82) is 0 Å². The summed E-state index contributed by atoms with van der Waals surface area (Å²) in [5, 5.41) is 3.97. The van der Waals surface area contributed by atoms with Gasteiger partial charge in [-0.3, -0.25) is 9.59 Å². The van der Waals surface area contributed by atoms with Crippen molar-refractivity contribution >= 4 is 23.4 Å². The Balaban J connectivity index is 1.69. The molecule has 212 valence electrons. The van der Waals surface area contributed by atoms with Crippen LogP contribution in [0.4, 0.5) is 4.39 Å². The van der Waals surface area contributed by atoms with Gasteiger partial charge < -0.3 is 25.4 Å². The first-order valence-corrected chi connectivity index (χ1v) is 13.8. The summed E-state index contributed by atoms with van der Waals surface area (Å²) in [5.41, 5.74) is 8.01. The fourth-order valence-corrected chi connectivity index (χ4v) is 5.33. The van der Waals surface area contributed by atoms with Gasteiger partial charge in [0, 0.05) is 61.8 Å². The second kappa shape index (κ2) is 13.7. The molecule has 0 aliphatic carbocycles. The third-order valence-electron chi connectivity index (χ3n) is 7.33. The van der Waals surface area contributed by atoms with E-state index in [-0.39, 0.29) is 53.0 Å². The molecule has 1 saturated heterocycles. The number of hydrogen-bond acceptors (Lipinski definition) is 5. The number of nitrogens with one attached hydrogen (secondary N) is 1. The van der Waals surface area contributed by atoms with Gasteiger partial charge in [-0.05, 0) is 48.2 Å². The van der Waals surface area contributed by atoms with E-state index in [2.05, 4.69) is 17.4 Å². The maximum Gasteiger partial charge on any atom is 0.249 e. The van der Waals surface area contributed by atoms with E-state index in [4.69, 9.17) is 26.8 Å². The summed E-state index contributed by atoms with van der Waals surface area (Å²) in [6.45, 7) is 4.11. The first kappa shape index (κ1) is 29.5. The number of hydrogen-bond donors (Lipinski definition) is 2. The van der Waals surface area contributed by atoms with Crippen LogP contribution < -0.4 is 15.8 Å². The van der Waals surface area contributed by atoms with E-state index >= 15 is 4.39 Å². The molecule has 40 heavy (non-hydrogen) atoms. The van der Waals surface area contributed by atoms with Gasteiger partial charge in [-0.25, -0.2) is 4.39 Å². The largest absolute Gasteiger partial charge is 0.488 e. The molecule has 0 aromatic heterocycles. The average Bonchev–Trinajstić information content (AvgIpc) is 2.95. The molecule has 4 rings (SSSR count). The van der Waals surface area contributed by atoms with Gasteiger partial charge >= 0.3 is 0 Å². The van der Waals surface area contributed by atoms with Gasteiger partial charge in [-0.2, -0.15) is 0 Å². The van der Waals surface area contributed by atoms with Crippen LogP contribution in [0.3, 0.4) is 0 Å². The number of likely N-dealkylation sites (tertiary alicyclic amines) is 1. The Kier molecular flexibility index (Phi) is 10.1. The number of amides is 2. The van der Waals surface area contributed by atoms with Gasteiger partial charge in [-0.15, -0.1) is 0 Å². The fraction of sp³-hybridized carbons (Fsp3) is 0.355. The Bertz CT molecular complexity index is 1330. The molecular formula is C31H35ClFN3O4. The number of methoxy groups -OCH3 is 1. The number of carbonyl (C=O) groups is 2. The summed E-state index contributed by atoms with van der Waals surface area (Å²) in [6.07, 6.45) is 1.74. The van der Waals surface area contributed by atoms with Crippen LogP contribution in [-0.4, -0.2) is 62.7 Å². The molecule has 1 fully saturated rings. The number of primary amides is 1. The average molecular weight is 568 g/mol. The molecule has 3 N–H and O–H groups in total. The van der Waals surface area contributed by atoms with Crippen molar-refractivity contribution in [3.8, 4) is 16.9 Å². The summed E-state index contributed by atoms with van der Waals surface area (Å²) in [7, 11) is 1.53. The van der Waals surface area contributed by atoms with E-state index in [9.17, 15) is 9.59 Å². The molecule has 0 spiro atoms. The highest BCUT2D eigenvalue weighted by Crippen LogP contribution is 2.39. The lowest BCUT2D eigenvalue weighted by molar-refractivity contribution is -0.129. The molecule has 1 aliphatic heterocycles. The number of carbonyl (C=O) groups excluding carboxylic acids is 2. The minimum Gasteiger partial charge on any atom is -0.488 e. The quantitative estimate of drug-likeness (QED) is 0.318. The molecule has 0 radical (unpaired) electrons. The van der Waals surface area contributed by atoms with E-state index in [0.29, 0.717) is 12.1 Å². The highest BCUT2D eigenvalue weighted by molar-refractivity contribution is 6.33. The van der Waals surface area contributed by atoms with Crippen molar-refractivity contribution in [2.75, 3.05) is 40.0 Å². The van der Waals surface area contributed by atoms with E-state index < -0.39 is 11.7 Å². The highest BCUT2D eigenvalue weighted by Gasteiger charge is 2.25. The van der Waals surface area contributed by atoms with Crippen LogP contribution in [-0.2, 0) is 9.53 Å². The number of benzene rings is 3. The lowest BCUT2D eigenvalue weighted by Gasteiger charge is -2.33. The van der Waals surface area contributed by atoms with Crippen LogP contribution in [0.5, 0.6) is 5.75 Å². The van der Waals surface area contributed by atoms with Crippen molar-refractivity contribution in [3.05, 3.63) is 88.2 Å². The predicted molar refractivity (Wildman–Crippen MR) is 154 cm³/mol. The lowest BCUT2D eigenvalue weighted by atomic mass is 9.87. The first-order chi connectivity index (χ1) is 19.3. The Morgan fingerprint density at radius 3 is 2.45 bits per heavy atom. The van der Waals surface area contributed by atoms with Crippen LogP contribution in [0.15, 0.2) is 60.7 Å². The zero-order chi connectivity index (χ0) is 28.6. The fourth-order valence-electron chi connectivity index (χ4n) is 5.12. The van der Waals surface area contributed by atoms with Crippen LogP contribution in [0.2, 0.25) is 5.02 Å². The number of rotatable bonds is 11. The molecule has 1 unspecified atom stereocenters. The van der Waals surface area contributed by atoms with Crippen molar-refractivity contribution < 1.29 is 23.5 Å². The summed E-state index contributed by atoms with van der Waals surface area (Å²) in [6, 6.07) is 18.6. The Labute approximate surface area is 239 Å². The molecule has 3 aromatic rings. The number of nitrogens with zero attached hydrogens (tertiary/aromatic N) is 1. The van der Waals surface area contributed by atoms with Gasteiger partial charge in [0.1, 0.15) is 6.61 Å².